The molecular formula is C20H22N4+2. The number of nitrogens with zero attached hydrogens (tertiary/aromatic N) is 4. The fourth-order valence-electron chi connectivity index (χ4n) is 3.58. The summed E-state index contributed by atoms with van der Waals surface area (Å²) in [5.74, 6) is 1.19. The van der Waals surface area contributed by atoms with Crippen molar-refractivity contribution < 1.29 is 9.25 Å². The summed E-state index contributed by atoms with van der Waals surface area (Å²) in [6.07, 6.45) is 2.13. The first-order valence-electron chi connectivity index (χ1n) is 8.17. The van der Waals surface area contributed by atoms with E-state index in [0.29, 0.717) is 0 Å². The Bertz CT molecular complexity index is 1010. The van der Waals surface area contributed by atoms with Gasteiger partial charge in [0, 0.05) is 6.07 Å². The summed E-state index contributed by atoms with van der Waals surface area (Å²) in [6.45, 7) is 2.14. The summed E-state index contributed by atoms with van der Waals surface area (Å²) in [5, 5.41) is 0. The fourth-order valence-corrected chi connectivity index (χ4v) is 3.58. The average molecular weight is 318 g/mol. The first-order valence-corrected chi connectivity index (χ1v) is 8.17. The van der Waals surface area contributed by atoms with Crippen LogP contribution < -0.4 is 9.25 Å². The molecule has 4 heteroatoms. The fraction of sp³-hybridized carbons (Fsp3) is 0.200. The van der Waals surface area contributed by atoms with Gasteiger partial charge in [0.2, 0.25) is 0 Å². The third-order valence-corrected chi connectivity index (χ3v) is 4.88. The zero-order valence-corrected chi connectivity index (χ0v) is 14.6. The lowest BCUT2D eigenvalue weighted by Crippen LogP contribution is -2.43. The van der Waals surface area contributed by atoms with E-state index in [2.05, 4.69) is 107 Å². The molecule has 0 radical (unpaired) electrons. The molecule has 0 aliphatic carbocycles. The van der Waals surface area contributed by atoms with Gasteiger partial charge in [0.15, 0.2) is 18.1 Å². The lowest BCUT2D eigenvalue weighted by atomic mass is 10.2. The Hall–Kier alpha value is -2.88. The summed E-state index contributed by atoms with van der Waals surface area (Å²) in [4.78, 5) is 0. The van der Waals surface area contributed by atoms with Crippen LogP contribution in [0.3, 0.4) is 0 Å². The van der Waals surface area contributed by atoms with Crippen LogP contribution in [-0.2, 0) is 21.1 Å². The number of fused-ring (bicyclic) bond motifs is 1. The first kappa shape index (κ1) is 14.7. The highest BCUT2D eigenvalue weighted by Crippen LogP contribution is 2.20. The number of imidazole rings is 1. The van der Waals surface area contributed by atoms with E-state index in [4.69, 9.17) is 0 Å². The highest BCUT2D eigenvalue weighted by atomic mass is 15.4. The molecule has 0 amide bonds. The predicted molar refractivity (Wildman–Crippen MR) is 94.8 cm³/mol. The standard InChI is InChI=1S/C20H22N4/c1-15-9-5-6-10-16(15)24-14-13-19(23(24)4)20-21(2)17-11-7-8-12-18(17)22(20)3/h5-14H,1-4H3/q+2. The molecule has 0 saturated heterocycles. The number of rotatable bonds is 2. The van der Waals surface area contributed by atoms with E-state index in [9.17, 15) is 0 Å². The Morgan fingerprint density at radius 3 is 2.33 bits per heavy atom. The zero-order valence-electron chi connectivity index (χ0n) is 14.6. The second kappa shape index (κ2) is 5.34. The molecule has 0 aliphatic heterocycles. The summed E-state index contributed by atoms with van der Waals surface area (Å²) in [6, 6.07) is 19.1. The van der Waals surface area contributed by atoms with Crippen LogP contribution in [-0.4, -0.2) is 9.25 Å². The van der Waals surface area contributed by atoms with E-state index in [-0.39, 0.29) is 0 Å². The molecule has 0 bridgehead atoms. The van der Waals surface area contributed by atoms with Gasteiger partial charge in [-0.15, -0.1) is 4.68 Å². The van der Waals surface area contributed by atoms with Gasteiger partial charge in [-0.25, -0.2) is 9.13 Å². The first-order chi connectivity index (χ1) is 11.6. The number of aromatic nitrogens is 4. The molecule has 0 fully saturated rings. The lowest BCUT2D eigenvalue weighted by molar-refractivity contribution is -0.741. The van der Waals surface area contributed by atoms with Crippen molar-refractivity contribution in [3.8, 4) is 17.2 Å². The Balaban J connectivity index is 1.96. The van der Waals surface area contributed by atoms with Crippen molar-refractivity contribution in [2.45, 2.75) is 6.92 Å². The van der Waals surface area contributed by atoms with Crippen molar-refractivity contribution in [1.29, 1.82) is 0 Å². The number of aryl methyl sites for hydroxylation is 3. The van der Waals surface area contributed by atoms with E-state index in [1.807, 2.05) is 0 Å². The Kier molecular flexibility index (Phi) is 3.27. The van der Waals surface area contributed by atoms with Crippen molar-refractivity contribution in [2.24, 2.45) is 21.1 Å². The van der Waals surface area contributed by atoms with E-state index >= 15 is 0 Å². The second-order valence-electron chi connectivity index (χ2n) is 6.29. The maximum absolute atomic E-state index is 2.26. The topological polar surface area (TPSA) is 17.6 Å². The largest absolute Gasteiger partial charge is 0.357 e. The molecule has 4 nitrogen and oxygen atoms in total. The normalized spacial score (nSPS) is 11.3. The van der Waals surface area contributed by atoms with Crippen LogP contribution in [0, 0.1) is 6.92 Å². The van der Waals surface area contributed by atoms with Crippen LogP contribution in [0.25, 0.3) is 28.2 Å². The van der Waals surface area contributed by atoms with Gasteiger partial charge in [-0.05, 0) is 30.7 Å². The highest BCUT2D eigenvalue weighted by Gasteiger charge is 2.30. The van der Waals surface area contributed by atoms with Crippen molar-refractivity contribution in [1.82, 2.24) is 9.25 Å². The van der Waals surface area contributed by atoms with Crippen molar-refractivity contribution in [3.05, 3.63) is 66.4 Å². The second-order valence-corrected chi connectivity index (χ2v) is 6.29. The monoisotopic (exact) mass is 318 g/mol. The molecule has 0 atom stereocenters. The highest BCUT2D eigenvalue weighted by molar-refractivity contribution is 5.74. The van der Waals surface area contributed by atoms with E-state index < -0.39 is 0 Å². The van der Waals surface area contributed by atoms with Crippen molar-refractivity contribution in [2.75, 3.05) is 0 Å². The Morgan fingerprint density at radius 2 is 1.58 bits per heavy atom. The number of hydrogen-bond donors (Lipinski definition) is 0. The lowest BCUT2D eigenvalue weighted by Gasteiger charge is -2.04. The minimum atomic E-state index is 1.18. The molecule has 0 saturated carbocycles. The SMILES string of the molecule is Cc1ccccc1-n1ccc(-c2n(C)c3ccccc3[n+]2C)[n+]1C. The van der Waals surface area contributed by atoms with Gasteiger partial charge in [0.1, 0.15) is 5.69 Å². The summed E-state index contributed by atoms with van der Waals surface area (Å²) in [7, 11) is 6.37. The molecule has 0 aliphatic rings. The third kappa shape index (κ3) is 1.99. The van der Waals surface area contributed by atoms with Crippen molar-refractivity contribution >= 4 is 11.0 Å². The van der Waals surface area contributed by atoms with Crippen LogP contribution in [0.4, 0.5) is 0 Å². The van der Waals surface area contributed by atoms with Crippen LogP contribution in [0.2, 0.25) is 0 Å². The Morgan fingerprint density at radius 1 is 0.875 bits per heavy atom. The summed E-state index contributed by atoms with van der Waals surface area (Å²) >= 11 is 0. The average Bonchev–Trinajstić information content (AvgIpc) is 3.07. The van der Waals surface area contributed by atoms with Gasteiger partial charge < -0.3 is 0 Å². The molecular weight excluding hydrogens is 296 g/mol. The number of benzene rings is 2. The van der Waals surface area contributed by atoms with E-state index in [0.717, 1.165) is 0 Å². The minimum absolute atomic E-state index is 1.18. The number of para-hydroxylation sites is 3. The smallest absolute Gasteiger partial charge is 0.220 e. The molecule has 0 N–H and O–H groups in total. The van der Waals surface area contributed by atoms with Crippen LogP contribution in [0.1, 0.15) is 5.56 Å². The Labute approximate surface area is 141 Å². The van der Waals surface area contributed by atoms with Crippen LogP contribution >= 0.6 is 0 Å². The van der Waals surface area contributed by atoms with Gasteiger partial charge in [-0.3, -0.25) is 0 Å². The third-order valence-electron chi connectivity index (χ3n) is 4.88. The van der Waals surface area contributed by atoms with E-state index in [1.165, 1.54) is 33.8 Å². The van der Waals surface area contributed by atoms with Gasteiger partial charge in [-0.1, -0.05) is 35.0 Å². The van der Waals surface area contributed by atoms with E-state index in [1.54, 1.807) is 0 Å². The summed E-state index contributed by atoms with van der Waals surface area (Å²) < 4.78 is 8.92. The zero-order chi connectivity index (χ0) is 16.8. The predicted octanol–water partition coefficient (Wildman–Crippen LogP) is 2.59. The maximum atomic E-state index is 2.26. The van der Waals surface area contributed by atoms with Crippen LogP contribution in [0.15, 0.2) is 60.8 Å². The molecule has 0 spiro atoms. The molecule has 2 aromatic heterocycles. The molecule has 0 unspecified atom stereocenters. The molecule has 24 heavy (non-hydrogen) atoms. The minimum Gasteiger partial charge on any atom is -0.220 e. The molecule has 120 valence electrons. The maximum Gasteiger partial charge on any atom is 0.357 e. The summed E-state index contributed by atoms with van der Waals surface area (Å²) in [5.41, 5.74) is 6.11. The van der Waals surface area contributed by atoms with Crippen LogP contribution in [0.5, 0.6) is 0 Å². The molecule has 2 aromatic carbocycles. The van der Waals surface area contributed by atoms with Gasteiger partial charge in [0.05, 0.1) is 20.3 Å². The molecule has 4 rings (SSSR count). The number of hydrogen-bond acceptors (Lipinski definition) is 0. The molecule has 4 aromatic rings. The molecule has 2 heterocycles. The van der Waals surface area contributed by atoms with Gasteiger partial charge in [0.25, 0.3) is 0 Å². The van der Waals surface area contributed by atoms with Gasteiger partial charge >= 0.3 is 11.5 Å². The quantitative estimate of drug-likeness (QED) is 0.506. The van der Waals surface area contributed by atoms with Gasteiger partial charge in [-0.2, -0.15) is 0 Å². The van der Waals surface area contributed by atoms with Crippen molar-refractivity contribution in [3.63, 3.8) is 0 Å².